The van der Waals surface area contributed by atoms with Crippen molar-refractivity contribution in [3.8, 4) is 17.2 Å². The van der Waals surface area contributed by atoms with Crippen LogP contribution in [0.3, 0.4) is 0 Å². The van der Waals surface area contributed by atoms with Crippen LogP contribution in [0.15, 0.2) is 41.3 Å². The molecule has 29 heavy (non-hydrogen) atoms. The van der Waals surface area contributed by atoms with Gasteiger partial charge in [-0.3, -0.25) is 9.59 Å². The molecular weight excluding hydrogens is 369 g/mol. The third-order valence-electron chi connectivity index (χ3n) is 6.28. The number of nitrogens with one attached hydrogen (secondary N) is 1. The second kappa shape index (κ2) is 7.92. The summed E-state index contributed by atoms with van der Waals surface area (Å²) in [5, 5.41) is 12.9. The minimum Gasteiger partial charge on any atom is -0.318 e. The Morgan fingerprint density at radius 2 is 2.10 bits per heavy atom. The molecule has 0 radical (unpaired) electrons. The van der Waals surface area contributed by atoms with E-state index in [-0.39, 0.29) is 30.2 Å². The van der Waals surface area contributed by atoms with Gasteiger partial charge in [0.05, 0.1) is 18.0 Å². The summed E-state index contributed by atoms with van der Waals surface area (Å²) in [5.74, 6) is -0.473. The number of hydrogen-bond donors (Lipinski definition) is 1. The van der Waals surface area contributed by atoms with Crippen molar-refractivity contribution in [1.29, 1.82) is 5.26 Å². The molecule has 0 amide bonds. The first-order valence-corrected chi connectivity index (χ1v) is 10.1. The summed E-state index contributed by atoms with van der Waals surface area (Å²) in [7, 11) is 1.65. The standard InChI is InChI=1S/C23H24FN3O2/c1-27-13-18(5-7-22(27)29)15-2-3-16(20(24)11-15)8-14(12-25)9-21(28)23-17-4-6-19(10-17)26-23/h2-3,5,7,11,13-14,17,19,23,26H,4,6,8-10H2,1H3/t14-,17+,19-,23+/m1/s1. The van der Waals surface area contributed by atoms with Gasteiger partial charge in [-0.2, -0.15) is 5.26 Å². The summed E-state index contributed by atoms with van der Waals surface area (Å²) in [4.78, 5) is 24.2. The van der Waals surface area contributed by atoms with E-state index in [2.05, 4.69) is 11.4 Å². The quantitative estimate of drug-likeness (QED) is 0.819. The Bertz CT molecular complexity index is 1040. The molecule has 2 bridgehead atoms. The molecule has 1 saturated heterocycles. The third kappa shape index (κ3) is 4.01. The van der Waals surface area contributed by atoms with Crippen LogP contribution in [0.4, 0.5) is 4.39 Å². The number of ketones is 1. The lowest BCUT2D eigenvalue weighted by molar-refractivity contribution is -0.122. The van der Waals surface area contributed by atoms with Crippen LogP contribution in [0.1, 0.15) is 31.2 Å². The Morgan fingerprint density at radius 3 is 2.72 bits per heavy atom. The number of carbonyl (C=O) groups is 1. The topological polar surface area (TPSA) is 74.9 Å². The van der Waals surface area contributed by atoms with E-state index in [0.717, 1.165) is 24.8 Å². The predicted octanol–water partition coefficient (Wildman–Crippen LogP) is 2.97. The highest BCUT2D eigenvalue weighted by Gasteiger charge is 2.42. The highest BCUT2D eigenvalue weighted by Crippen LogP contribution is 2.36. The van der Waals surface area contributed by atoms with Crippen molar-refractivity contribution in [3.63, 3.8) is 0 Å². The zero-order chi connectivity index (χ0) is 20.5. The summed E-state index contributed by atoms with van der Waals surface area (Å²) in [6.07, 6.45) is 5.28. The summed E-state index contributed by atoms with van der Waals surface area (Å²) in [6, 6.07) is 10.5. The molecule has 1 N–H and O–H groups in total. The lowest BCUT2D eigenvalue weighted by Crippen LogP contribution is -2.42. The van der Waals surface area contributed by atoms with Crippen molar-refractivity contribution in [3.05, 3.63) is 58.3 Å². The Hall–Kier alpha value is -2.78. The van der Waals surface area contributed by atoms with E-state index in [9.17, 15) is 19.2 Å². The maximum Gasteiger partial charge on any atom is 0.250 e. The molecule has 2 heterocycles. The molecule has 0 spiro atoms. The number of fused-ring (bicyclic) bond motifs is 2. The van der Waals surface area contributed by atoms with Crippen molar-refractivity contribution in [2.45, 2.75) is 44.2 Å². The van der Waals surface area contributed by atoms with Gasteiger partial charge in [0.15, 0.2) is 5.78 Å². The number of carbonyl (C=O) groups excluding carboxylic acids is 1. The van der Waals surface area contributed by atoms with E-state index in [0.29, 0.717) is 23.1 Å². The monoisotopic (exact) mass is 393 g/mol. The van der Waals surface area contributed by atoms with Gasteiger partial charge in [-0.15, -0.1) is 0 Å². The van der Waals surface area contributed by atoms with Crippen LogP contribution in [-0.4, -0.2) is 22.4 Å². The molecule has 1 aromatic carbocycles. The zero-order valence-electron chi connectivity index (χ0n) is 16.4. The molecule has 2 aromatic rings. The van der Waals surface area contributed by atoms with Crippen LogP contribution < -0.4 is 10.9 Å². The molecule has 4 atom stereocenters. The number of hydrogen-bond acceptors (Lipinski definition) is 4. The van der Waals surface area contributed by atoms with Crippen molar-refractivity contribution < 1.29 is 9.18 Å². The van der Waals surface area contributed by atoms with Crippen LogP contribution in [0.2, 0.25) is 0 Å². The van der Waals surface area contributed by atoms with E-state index >= 15 is 0 Å². The van der Waals surface area contributed by atoms with E-state index < -0.39 is 11.7 Å². The molecule has 1 aromatic heterocycles. The first kappa shape index (κ1) is 19.5. The van der Waals surface area contributed by atoms with Gasteiger partial charge < -0.3 is 9.88 Å². The maximum absolute atomic E-state index is 14.7. The number of nitriles is 1. The average molecular weight is 393 g/mol. The van der Waals surface area contributed by atoms with Crippen molar-refractivity contribution >= 4 is 5.78 Å². The molecule has 1 saturated carbocycles. The number of pyridine rings is 1. The first-order chi connectivity index (χ1) is 13.9. The minimum absolute atomic E-state index is 0.0750. The molecule has 150 valence electrons. The zero-order valence-corrected chi connectivity index (χ0v) is 16.4. The SMILES string of the molecule is Cn1cc(-c2ccc(C[C@@H](C#N)CC(=O)[C@H]3N[C@@H]4CC[C@H]3C4)c(F)c2)ccc1=O. The van der Waals surface area contributed by atoms with Gasteiger partial charge in [-0.1, -0.05) is 12.1 Å². The lowest BCUT2D eigenvalue weighted by Gasteiger charge is -2.22. The summed E-state index contributed by atoms with van der Waals surface area (Å²) in [6.45, 7) is 0. The number of rotatable bonds is 6. The molecule has 4 rings (SSSR count). The Labute approximate surface area is 169 Å². The van der Waals surface area contributed by atoms with Gasteiger partial charge in [0.1, 0.15) is 5.82 Å². The van der Waals surface area contributed by atoms with E-state index in [1.165, 1.54) is 16.7 Å². The third-order valence-corrected chi connectivity index (χ3v) is 6.28. The minimum atomic E-state index is -0.540. The molecule has 0 unspecified atom stereocenters. The van der Waals surface area contributed by atoms with Gasteiger partial charge in [-0.05, 0) is 60.4 Å². The van der Waals surface area contributed by atoms with Gasteiger partial charge in [-0.25, -0.2) is 4.39 Å². The lowest BCUT2D eigenvalue weighted by atomic mass is 9.88. The summed E-state index contributed by atoms with van der Waals surface area (Å²) < 4.78 is 16.1. The number of halogens is 1. The average Bonchev–Trinajstić information content (AvgIpc) is 3.34. The number of piperidine rings is 1. The molecule has 2 aliphatic rings. The second-order valence-electron chi connectivity index (χ2n) is 8.29. The van der Waals surface area contributed by atoms with Gasteiger partial charge in [0.2, 0.25) is 5.56 Å². The fourth-order valence-corrected chi connectivity index (χ4v) is 4.67. The van der Waals surface area contributed by atoms with Crippen LogP contribution in [-0.2, 0) is 18.3 Å². The molecule has 5 nitrogen and oxygen atoms in total. The molecule has 1 aliphatic heterocycles. The highest BCUT2D eigenvalue weighted by atomic mass is 19.1. The largest absolute Gasteiger partial charge is 0.318 e. The van der Waals surface area contributed by atoms with Gasteiger partial charge in [0.25, 0.3) is 0 Å². The summed E-state index contributed by atoms with van der Waals surface area (Å²) >= 11 is 0. The highest BCUT2D eigenvalue weighted by molar-refractivity contribution is 5.85. The van der Waals surface area contributed by atoms with E-state index in [1.807, 2.05) is 0 Å². The van der Waals surface area contributed by atoms with Crippen molar-refractivity contribution in [1.82, 2.24) is 9.88 Å². The van der Waals surface area contributed by atoms with Crippen LogP contribution in [0.25, 0.3) is 11.1 Å². The van der Waals surface area contributed by atoms with Crippen LogP contribution >= 0.6 is 0 Å². The summed E-state index contributed by atoms with van der Waals surface area (Å²) in [5.41, 5.74) is 1.71. The number of nitrogens with zero attached hydrogens (tertiary/aromatic N) is 2. The number of Topliss-reactive ketones (excluding diaryl/α,β-unsaturated/α-hetero) is 1. The van der Waals surface area contributed by atoms with Gasteiger partial charge >= 0.3 is 0 Å². The second-order valence-corrected chi connectivity index (χ2v) is 8.29. The van der Waals surface area contributed by atoms with Gasteiger partial charge in [0, 0.05) is 31.8 Å². The van der Waals surface area contributed by atoms with Crippen LogP contribution in [0, 0.1) is 29.0 Å². The molecular formula is C23H24FN3O2. The normalized spacial score (nSPS) is 23.7. The van der Waals surface area contributed by atoms with E-state index in [4.69, 9.17) is 0 Å². The fourth-order valence-electron chi connectivity index (χ4n) is 4.67. The molecule has 1 aliphatic carbocycles. The first-order valence-electron chi connectivity index (χ1n) is 10.1. The van der Waals surface area contributed by atoms with Crippen molar-refractivity contribution in [2.75, 3.05) is 0 Å². The maximum atomic E-state index is 14.7. The Kier molecular flexibility index (Phi) is 5.33. The van der Waals surface area contributed by atoms with Crippen molar-refractivity contribution in [2.24, 2.45) is 18.9 Å². The Morgan fingerprint density at radius 1 is 1.31 bits per heavy atom. The molecule has 6 heteroatoms. The number of aromatic nitrogens is 1. The van der Waals surface area contributed by atoms with E-state index in [1.54, 1.807) is 31.4 Å². The predicted molar refractivity (Wildman–Crippen MR) is 108 cm³/mol. The fraction of sp³-hybridized carbons (Fsp3) is 0.435. The number of benzene rings is 1. The van der Waals surface area contributed by atoms with Crippen LogP contribution in [0.5, 0.6) is 0 Å². The smallest absolute Gasteiger partial charge is 0.250 e. The number of aryl methyl sites for hydroxylation is 1. The Balaban J connectivity index is 1.45. The molecule has 2 fully saturated rings.